The van der Waals surface area contributed by atoms with Crippen molar-refractivity contribution in [2.45, 2.75) is 76.5 Å². The van der Waals surface area contributed by atoms with E-state index in [0.717, 1.165) is 13.0 Å². The lowest BCUT2D eigenvalue weighted by molar-refractivity contribution is 0.0148. The first-order valence-electron chi connectivity index (χ1n) is 7.93. The van der Waals surface area contributed by atoms with Crippen LogP contribution in [0.1, 0.15) is 58.3 Å². The van der Waals surface area contributed by atoms with E-state index >= 15 is 0 Å². The number of nitrogens with one attached hydrogen (secondary N) is 1. The molecule has 0 unspecified atom stereocenters. The lowest BCUT2D eigenvalue weighted by atomic mass is 10.1. The van der Waals surface area contributed by atoms with E-state index in [2.05, 4.69) is 12.2 Å². The SMILES string of the molecule is CCCCCCCCCCOC[C@@H]1NC[C@H](O)[C@@H]1O. The molecule has 19 heavy (non-hydrogen) atoms. The van der Waals surface area contributed by atoms with Gasteiger partial charge in [0.15, 0.2) is 0 Å². The summed E-state index contributed by atoms with van der Waals surface area (Å²) >= 11 is 0. The van der Waals surface area contributed by atoms with E-state index in [1.807, 2.05) is 0 Å². The van der Waals surface area contributed by atoms with Crippen LogP contribution in [0.25, 0.3) is 0 Å². The summed E-state index contributed by atoms with van der Waals surface area (Å²) in [6.07, 6.45) is 9.07. The smallest absolute Gasteiger partial charge is 0.0986 e. The van der Waals surface area contributed by atoms with Crippen molar-refractivity contribution in [3.63, 3.8) is 0 Å². The number of unbranched alkanes of at least 4 members (excludes halogenated alkanes) is 7. The highest BCUT2D eigenvalue weighted by atomic mass is 16.5. The van der Waals surface area contributed by atoms with Gasteiger partial charge in [-0.25, -0.2) is 0 Å². The first-order chi connectivity index (χ1) is 9.25. The van der Waals surface area contributed by atoms with Crippen molar-refractivity contribution in [2.75, 3.05) is 19.8 Å². The second kappa shape index (κ2) is 10.6. The Morgan fingerprint density at radius 3 is 2.21 bits per heavy atom. The van der Waals surface area contributed by atoms with Gasteiger partial charge in [-0.15, -0.1) is 0 Å². The number of hydrogen-bond acceptors (Lipinski definition) is 4. The van der Waals surface area contributed by atoms with Crippen LogP contribution in [0.2, 0.25) is 0 Å². The minimum Gasteiger partial charge on any atom is -0.389 e. The molecule has 0 spiro atoms. The summed E-state index contributed by atoms with van der Waals surface area (Å²) < 4.78 is 5.55. The number of rotatable bonds is 11. The van der Waals surface area contributed by atoms with E-state index in [0.29, 0.717) is 13.2 Å². The number of β-amino-alcohol motifs (C(OH)–C–C–N with tert-alkyl or cyclic N) is 1. The molecule has 0 aromatic rings. The van der Waals surface area contributed by atoms with E-state index in [1.54, 1.807) is 0 Å². The van der Waals surface area contributed by atoms with Gasteiger partial charge in [-0.05, 0) is 6.42 Å². The molecule has 1 rings (SSSR count). The van der Waals surface area contributed by atoms with Crippen molar-refractivity contribution in [3.8, 4) is 0 Å². The van der Waals surface area contributed by atoms with Gasteiger partial charge in [0.2, 0.25) is 0 Å². The number of hydrogen-bond donors (Lipinski definition) is 3. The van der Waals surface area contributed by atoms with Crippen LogP contribution >= 0.6 is 0 Å². The third kappa shape index (κ3) is 7.25. The van der Waals surface area contributed by atoms with E-state index in [4.69, 9.17) is 4.74 Å². The quantitative estimate of drug-likeness (QED) is 0.503. The summed E-state index contributed by atoms with van der Waals surface area (Å²) in [5.41, 5.74) is 0. The Hall–Kier alpha value is -0.160. The zero-order chi connectivity index (χ0) is 13.9. The molecule has 1 heterocycles. The Kier molecular flexibility index (Phi) is 9.43. The lowest BCUT2D eigenvalue weighted by Gasteiger charge is -2.15. The average molecular weight is 273 g/mol. The third-order valence-electron chi connectivity index (χ3n) is 3.84. The van der Waals surface area contributed by atoms with Crippen LogP contribution in [0.3, 0.4) is 0 Å². The molecule has 3 atom stereocenters. The topological polar surface area (TPSA) is 61.7 Å². The fourth-order valence-corrected chi connectivity index (χ4v) is 2.49. The minimum atomic E-state index is -0.682. The number of aliphatic hydroxyl groups is 2. The number of aliphatic hydroxyl groups excluding tert-OH is 2. The van der Waals surface area contributed by atoms with Crippen molar-refractivity contribution >= 4 is 0 Å². The maximum absolute atomic E-state index is 9.61. The Morgan fingerprint density at radius 1 is 1.00 bits per heavy atom. The van der Waals surface area contributed by atoms with Gasteiger partial charge in [0.05, 0.1) is 24.9 Å². The Morgan fingerprint density at radius 2 is 1.63 bits per heavy atom. The van der Waals surface area contributed by atoms with Crippen molar-refractivity contribution in [1.82, 2.24) is 5.32 Å². The maximum atomic E-state index is 9.61. The van der Waals surface area contributed by atoms with Gasteiger partial charge in [0.1, 0.15) is 0 Å². The van der Waals surface area contributed by atoms with Gasteiger partial charge in [-0.3, -0.25) is 0 Å². The van der Waals surface area contributed by atoms with Crippen LogP contribution in [-0.4, -0.2) is 48.2 Å². The second-order valence-corrected chi connectivity index (χ2v) is 5.62. The van der Waals surface area contributed by atoms with Crippen LogP contribution in [0.5, 0.6) is 0 Å². The highest BCUT2D eigenvalue weighted by Gasteiger charge is 2.32. The third-order valence-corrected chi connectivity index (χ3v) is 3.84. The van der Waals surface area contributed by atoms with Crippen LogP contribution in [0.4, 0.5) is 0 Å². The molecule has 114 valence electrons. The van der Waals surface area contributed by atoms with Gasteiger partial charge < -0.3 is 20.3 Å². The molecule has 1 fully saturated rings. The molecule has 1 aliphatic heterocycles. The average Bonchev–Trinajstić information content (AvgIpc) is 2.73. The fraction of sp³-hybridized carbons (Fsp3) is 1.00. The van der Waals surface area contributed by atoms with E-state index in [1.165, 1.54) is 44.9 Å². The summed E-state index contributed by atoms with van der Waals surface area (Å²) in [6.45, 7) is 3.96. The van der Waals surface area contributed by atoms with Crippen molar-refractivity contribution < 1.29 is 14.9 Å². The molecule has 0 aromatic carbocycles. The van der Waals surface area contributed by atoms with Crippen LogP contribution < -0.4 is 5.32 Å². The Labute approximate surface area is 117 Å². The molecule has 0 amide bonds. The molecule has 0 aliphatic carbocycles. The highest BCUT2D eigenvalue weighted by molar-refractivity contribution is 4.90. The Balaban J connectivity index is 1.81. The predicted molar refractivity (Wildman–Crippen MR) is 77.2 cm³/mol. The molecule has 0 saturated carbocycles. The number of ether oxygens (including phenoxy) is 1. The second-order valence-electron chi connectivity index (χ2n) is 5.62. The summed E-state index contributed by atoms with van der Waals surface area (Å²) in [7, 11) is 0. The molecule has 4 heteroatoms. The fourth-order valence-electron chi connectivity index (χ4n) is 2.49. The lowest BCUT2D eigenvalue weighted by Crippen LogP contribution is -2.37. The molecular weight excluding hydrogens is 242 g/mol. The molecule has 0 aromatic heterocycles. The predicted octanol–water partition coefficient (Wildman–Crippen LogP) is 1.84. The highest BCUT2D eigenvalue weighted by Crippen LogP contribution is 2.10. The molecule has 4 nitrogen and oxygen atoms in total. The maximum Gasteiger partial charge on any atom is 0.0986 e. The molecular formula is C15H31NO3. The van der Waals surface area contributed by atoms with Crippen molar-refractivity contribution in [1.29, 1.82) is 0 Å². The van der Waals surface area contributed by atoms with Gasteiger partial charge >= 0.3 is 0 Å². The van der Waals surface area contributed by atoms with Gasteiger partial charge in [0.25, 0.3) is 0 Å². The monoisotopic (exact) mass is 273 g/mol. The standard InChI is InChI=1S/C15H31NO3/c1-2-3-4-5-6-7-8-9-10-19-12-13-15(18)14(17)11-16-13/h13-18H,2-12H2,1H3/t13-,14-,15+/m0/s1. The summed E-state index contributed by atoms with van der Waals surface area (Å²) in [5, 5.41) is 22.0. The zero-order valence-electron chi connectivity index (χ0n) is 12.3. The largest absolute Gasteiger partial charge is 0.389 e. The first kappa shape index (κ1) is 16.9. The summed E-state index contributed by atoms with van der Waals surface area (Å²) in [6, 6.07) is -0.107. The summed E-state index contributed by atoms with van der Waals surface area (Å²) in [5.74, 6) is 0. The molecule has 0 bridgehead atoms. The van der Waals surface area contributed by atoms with Crippen molar-refractivity contribution in [3.05, 3.63) is 0 Å². The van der Waals surface area contributed by atoms with Crippen LogP contribution in [-0.2, 0) is 4.74 Å². The van der Waals surface area contributed by atoms with Crippen LogP contribution in [0.15, 0.2) is 0 Å². The Bertz CT molecular complexity index is 214. The van der Waals surface area contributed by atoms with E-state index in [-0.39, 0.29) is 6.04 Å². The van der Waals surface area contributed by atoms with Crippen LogP contribution in [0, 0.1) is 0 Å². The van der Waals surface area contributed by atoms with Gasteiger partial charge in [-0.1, -0.05) is 51.9 Å². The molecule has 1 aliphatic rings. The molecule has 3 N–H and O–H groups in total. The van der Waals surface area contributed by atoms with E-state index < -0.39 is 12.2 Å². The van der Waals surface area contributed by atoms with Gasteiger partial charge in [0, 0.05) is 13.2 Å². The van der Waals surface area contributed by atoms with Crippen molar-refractivity contribution in [2.24, 2.45) is 0 Å². The van der Waals surface area contributed by atoms with Gasteiger partial charge in [-0.2, -0.15) is 0 Å². The molecule has 1 saturated heterocycles. The minimum absolute atomic E-state index is 0.107. The van der Waals surface area contributed by atoms with E-state index in [9.17, 15) is 10.2 Å². The first-order valence-corrected chi connectivity index (χ1v) is 7.93. The zero-order valence-corrected chi connectivity index (χ0v) is 12.3. The normalized spacial score (nSPS) is 27.0. The molecule has 0 radical (unpaired) electrons. The summed E-state index contributed by atoms with van der Waals surface area (Å²) in [4.78, 5) is 0.